The summed E-state index contributed by atoms with van der Waals surface area (Å²) in [6.07, 6.45) is 2.07. The molecule has 1 saturated heterocycles. The van der Waals surface area contributed by atoms with E-state index < -0.39 is 0 Å². The molecule has 1 fully saturated rings. The van der Waals surface area contributed by atoms with Crippen molar-refractivity contribution in [2.24, 2.45) is 0 Å². The minimum absolute atomic E-state index is 0.00995. The van der Waals surface area contributed by atoms with Gasteiger partial charge in [0.15, 0.2) is 5.75 Å². The molecule has 170 valence electrons. The number of benzene rings is 2. The second-order valence-electron chi connectivity index (χ2n) is 7.35. The van der Waals surface area contributed by atoms with Crippen LogP contribution in [0.3, 0.4) is 0 Å². The third-order valence-corrected chi connectivity index (χ3v) is 6.57. The number of carbonyl (C=O) groups excluding carboxylic acids is 1. The van der Waals surface area contributed by atoms with Crippen LogP contribution in [-0.2, 0) is 4.79 Å². The molecular formula is C23H28ClN5O2S. The number of hydrogen-bond donors (Lipinski definition) is 0. The minimum atomic E-state index is -0.00995. The van der Waals surface area contributed by atoms with Gasteiger partial charge >= 0.3 is 0 Å². The van der Waals surface area contributed by atoms with E-state index in [0.29, 0.717) is 34.3 Å². The molecule has 0 aromatic heterocycles. The molecule has 0 aliphatic carbocycles. The maximum Gasteiger partial charge on any atom is 0.256 e. The van der Waals surface area contributed by atoms with Crippen LogP contribution in [0.15, 0.2) is 42.5 Å². The topological polar surface area (TPSA) is 63.1 Å². The first-order valence-corrected chi connectivity index (χ1v) is 12.0. The second-order valence-corrected chi connectivity index (χ2v) is 8.67. The van der Waals surface area contributed by atoms with Crippen molar-refractivity contribution in [3.63, 3.8) is 0 Å². The van der Waals surface area contributed by atoms with E-state index in [2.05, 4.69) is 21.6 Å². The number of nitrogens with zero attached hydrogens (tertiary/aromatic N) is 5. The predicted octanol–water partition coefficient (Wildman–Crippen LogP) is 4.10. The zero-order valence-corrected chi connectivity index (χ0v) is 20.2. The zero-order chi connectivity index (χ0) is 23.1. The fraction of sp³-hybridized carbons (Fsp3) is 0.391. The molecule has 2 aromatic carbocycles. The highest BCUT2D eigenvalue weighted by atomic mass is 35.5. The molecule has 1 aliphatic heterocycles. The molecule has 0 spiro atoms. The summed E-state index contributed by atoms with van der Waals surface area (Å²) in [6.45, 7) is 6.20. The summed E-state index contributed by atoms with van der Waals surface area (Å²) in [4.78, 5) is 15.0. The smallest absolute Gasteiger partial charge is 0.256 e. The Morgan fingerprint density at radius 2 is 1.88 bits per heavy atom. The monoisotopic (exact) mass is 473 g/mol. The number of halogens is 1. The van der Waals surface area contributed by atoms with E-state index in [4.69, 9.17) is 16.3 Å². The van der Waals surface area contributed by atoms with Crippen molar-refractivity contribution in [3.8, 4) is 17.6 Å². The normalized spacial score (nSPS) is 14.6. The van der Waals surface area contributed by atoms with Crippen molar-refractivity contribution in [1.29, 1.82) is 5.26 Å². The van der Waals surface area contributed by atoms with Crippen molar-refractivity contribution in [2.45, 2.75) is 6.92 Å². The molecule has 32 heavy (non-hydrogen) atoms. The fourth-order valence-corrected chi connectivity index (χ4v) is 4.16. The molecule has 1 aliphatic rings. The standard InChI is InChI=1S/C23H28ClN5O2S/c1-4-27(17-23(30)26(2)28-11-13-29(32-3)14-12-28)21-15-18(16-25)5-10-22(21)31-20-8-6-19(24)7-9-20/h5-10,15H,4,11-14,17H2,1-3H3. The summed E-state index contributed by atoms with van der Waals surface area (Å²) in [5, 5.41) is 13.8. The van der Waals surface area contributed by atoms with E-state index in [9.17, 15) is 10.1 Å². The van der Waals surface area contributed by atoms with Crippen molar-refractivity contribution in [1.82, 2.24) is 14.3 Å². The molecule has 3 rings (SSSR count). The van der Waals surface area contributed by atoms with Crippen LogP contribution in [0.5, 0.6) is 11.5 Å². The Balaban J connectivity index is 1.77. The van der Waals surface area contributed by atoms with Gasteiger partial charge in [-0.2, -0.15) is 5.26 Å². The maximum atomic E-state index is 13.1. The minimum Gasteiger partial charge on any atom is -0.455 e. The van der Waals surface area contributed by atoms with E-state index in [0.717, 1.165) is 26.2 Å². The number of anilines is 1. The van der Waals surface area contributed by atoms with E-state index in [1.54, 1.807) is 59.4 Å². The van der Waals surface area contributed by atoms with Crippen LogP contribution in [0.1, 0.15) is 12.5 Å². The van der Waals surface area contributed by atoms with Gasteiger partial charge in [0.1, 0.15) is 5.75 Å². The van der Waals surface area contributed by atoms with Gasteiger partial charge in [0, 0.05) is 44.8 Å². The van der Waals surface area contributed by atoms with Crippen LogP contribution in [0.2, 0.25) is 5.02 Å². The average molecular weight is 474 g/mol. The SMILES string of the molecule is CCN(CC(=O)N(C)N1CCN(SC)CC1)c1cc(C#N)ccc1Oc1ccc(Cl)cc1. The number of likely N-dealkylation sites (N-methyl/N-ethyl adjacent to an activating group) is 2. The van der Waals surface area contributed by atoms with Crippen LogP contribution in [0.25, 0.3) is 0 Å². The Morgan fingerprint density at radius 1 is 1.19 bits per heavy atom. The van der Waals surface area contributed by atoms with Gasteiger partial charge in [-0.25, -0.2) is 9.31 Å². The average Bonchev–Trinajstić information content (AvgIpc) is 2.83. The summed E-state index contributed by atoms with van der Waals surface area (Å²) in [5.41, 5.74) is 1.21. The number of amides is 1. The Bertz CT molecular complexity index is 958. The second kappa shape index (κ2) is 11.4. The van der Waals surface area contributed by atoms with Gasteiger partial charge in [-0.1, -0.05) is 23.5 Å². The van der Waals surface area contributed by atoms with Crippen molar-refractivity contribution >= 4 is 35.1 Å². The molecule has 1 heterocycles. The molecule has 7 nitrogen and oxygen atoms in total. The first kappa shape index (κ1) is 24.2. The third-order valence-electron chi connectivity index (χ3n) is 5.44. The number of nitriles is 1. The summed E-state index contributed by atoms with van der Waals surface area (Å²) in [5.74, 6) is 1.20. The molecule has 0 bridgehead atoms. The van der Waals surface area contributed by atoms with Crippen LogP contribution >= 0.6 is 23.5 Å². The third kappa shape index (κ3) is 6.08. The lowest BCUT2D eigenvalue weighted by atomic mass is 10.1. The highest BCUT2D eigenvalue weighted by Crippen LogP contribution is 2.34. The van der Waals surface area contributed by atoms with E-state index in [1.807, 2.05) is 18.9 Å². The quantitative estimate of drug-likeness (QED) is 0.535. The number of piperazine rings is 1. The number of rotatable bonds is 8. The molecule has 0 saturated carbocycles. The lowest BCUT2D eigenvalue weighted by molar-refractivity contribution is -0.145. The number of ether oxygens (including phenoxy) is 1. The van der Waals surface area contributed by atoms with Gasteiger partial charge in [-0.3, -0.25) is 9.80 Å². The molecule has 2 aromatic rings. The van der Waals surface area contributed by atoms with Gasteiger partial charge in [0.2, 0.25) is 0 Å². The van der Waals surface area contributed by atoms with Crippen LogP contribution < -0.4 is 9.64 Å². The van der Waals surface area contributed by atoms with Crippen LogP contribution in [0.4, 0.5) is 5.69 Å². The van der Waals surface area contributed by atoms with Crippen LogP contribution in [0, 0.1) is 11.3 Å². The highest BCUT2D eigenvalue weighted by Gasteiger charge is 2.25. The highest BCUT2D eigenvalue weighted by molar-refractivity contribution is 7.96. The Labute approximate surface area is 199 Å². The maximum absolute atomic E-state index is 13.1. The Hall–Kier alpha value is -2.44. The Kier molecular flexibility index (Phi) is 8.65. The lowest BCUT2D eigenvalue weighted by Gasteiger charge is -2.39. The van der Waals surface area contributed by atoms with Crippen molar-refractivity contribution in [2.75, 3.05) is 57.5 Å². The van der Waals surface area contributed by atoms with E-state index >= 15 is 0 Å². The van der Waals surface area contributed by atoms with Gasteiger partial charge in [-0.05, 0) is 55.6 Å². The van der Waals surface area contributed by atoms with Crippen LogP contribution in [-0.4, -0.2) is 72.8 Å². The van der Waals surface area contributed by atoms with Gasteiger partial charge in [-0.15, -0.1) is 0 Å². The molecule has 0 atom stereocenters. The van der Waals surface area contributed by atoms with Crippen molar-refractivity contribution < 1.29 is 9.53 Å². The Morgan fingerprint density at radius 3 is 2.47 bits per heavy atom. The molecule has 0 radical (unpaired) electrons. The molecule has 9 heteroatoms. The van der Waals surface area contributed by atoms with E-state index in [1.165, 1.54) is 0 Å². The molecule has 0 N–H and O–H groups in total. The van der Waals surface area contributed by atoms with Gasteiger partial charge in [0.25, 0.3) is 5.91 Å². The summed E-state index contributed by atoms with van der Waals surface area (Å²) >= 11 is 7.71. The number of hydrogen-bond acceptors (Lipinski definition) is 7. The van der Waals surface area contributed by atoms with Crippen molar-refractivity contribution in [3.05, 3.63) is 53.1 Å². The largest absolute Gasteiger partial charge is 0.455 e. The molecular weight excluding hydrogens is 446 g/mol. The fourth-order valence-electron chi connectivity index (χ4n) is 3.50. The molecule has 1 amide bonds. The summed E-state index contributed by atoms with van der Waals surface area (Å²) < 4.78 is 8.37. The summed E-state index contributed by atoms with van der Waals surface area (Å²) in [6, 6.07) is 14.5. The number of hydrazine groups is 1. The summed E-state index contributed by atoms with van der Waals surface area (Å²) in [7, 11) is 1.82. The van der Waals surface area contributed by atoms with E-state index in [-0.39, 0.29) is 12.5 Å². The van der Waals surface area contributed by atoms with Gasteiger partial charge in [0.05, 0.1) is 23.9 Å². The number of carbonyl (C=O) groups is 1. The first-order valence-electron chi connectivity index (χ1n) is 10.5. The predicted molar refractivity (Wildman–Crippen MR) is 130 cm³/mol. The first-order chi connectivity index (χ1) is 15.4. The van der Waals surface area contributed by atoms with Gasteiger partial charge < -0.3 is 9.64 Å². The lowest BCUT2D eigenvalue weighted by Crippen LogP contribution is -2.54. The molecule has 0 unspecified atom stereocenters. The zero-order valence-electron chi connectivity index (χ0n) is 18.6.